The number of nitrogens with zero attached hydrogens (tertiary/aromatic N) is 2. The fourth-order valence-corrected chi connectivity index (χ4v) is 0.462. The summed E-state index contributed by atoms with van der Waals surface area (Å²) in [6, 6.07) is 0. The molecule has 0 N–H and O–H groups in total. The summed E-state index contributed by atoms with van der Waals surface area (Å²) in [7, 11) is 8.00. The molecule has 0 bridgehead atoms. The average molecular weight is 108 g/mol. The van der Waals surface area contributed by atoms with E-state index in [9.17, 15) is 0 Å². The van der Waals surface area contributed by atoms with Gasteiger partial charge in [-0.2, -0.15) is 0 Å². The predicted octanol–water partition coefficient (Wildman–Crippen LogP) is -2.77. The predicted molar refractivity (Wildman–Crippen MR) is 31.7 cm³/mol. The Kier molecular flexibility index (Phi) is 8.00. The molecule has 0 aliphatic rings. The quantitative estimate of drug-likeness (QED) is 0.279. The van der Waals surface area contributed by atoms with E-state index in [0.29, 0.717) is 0 Å². The van der Waals surface area contributed by atoms with Gasteiger partial charge in [-0.25, -0.2) is 6.67 Å². The van der Waals surface area contributed by atoms with Gasteiger partial charge >= 0.3 is 18.9 Å². The molecule has 0 aliphatic heterocycles. The van der Waals surface area contributed by atoms with Crippen molar-refractivity contribution in [3.05, 3.63) is 6.67 Å². The second-order valence-electron chi connectivity index (χ2n) is 2.04. The summed E-state index contributed by atoms with van der Waals surface area (Å²) >= 11 is 0. The van der Waals surface area contributed by atoms with Gasteiger partial charge in [-0.05, 0) is 28.2 Å². The van der Waals surface area contributed by atoms with Crippen molar-refractivity contribution in [2.45, 2.75) is 0 Å². The zero-order valence-electron chi connectivity index (χ0n) is 6.47. The standard InChI is InChI=1S/C5H13N2.Li/c1-6(2)5-7(3)4;/h5H,1-4H3;/q-1;+1. The van der Waals surface area contributed by atoms with E-state index in [-0.39, 0.29) is 18.9 Å². The van der Waals surface area contributed by atoms with Crippen molar-refractivity contribution in [1.82, 2.24) is 9.80 Å². The molecule has 0 saturated heterocycles. The third-order valence-corrected chi connectivity index (χ3v) is 0.462. The smallest absolute Gasteiger partial charge is 0.448 e. The first kappa shape index (κ1) is 11.3. The van der Waals surface area contributed by atoms with Gasteiger partial charge in [0.25, 0.3) is 0 Å². The average Bonchev–Trinajstić information content (AvgIpc) is 1.27. The third kappa shape index (κ3) is 9.72. The molecule has 3 heteroatoms. The minimum Gasteiger partial charge on any atom is -0.448 e. The van der Waals surface area contributed by atoms with Crippen LogP contribution in [0.5, 0.6) is 0 Å². The first-order chi connectivity index (χ1) is 3.13. The van der Waals surface area contributed by atoms with Gasteiger partial charge in [-0.1, -0.05) is 0 Å². The van der Waals surface area contributed by atoms with Crippen LogP contribution in [0.3, 0.4) is 0 Å². The molecule has 0 rings (SSSR count). The largest absolute Gasteiger partial charge is 1.00 e. The molecule has 0 heterocycles. The Morgan fingerprint density at radius 1 is 0.875 bits per heavy atom. The second-order valence-corrected chi connectivity index (χ2v) is 2.04. The minimum absolute atomic E-state index is 0. The molecule has 0 atom stereocenters. The zero-order valence-corrected chi connectivity index (χ0v) is 6.47. The van der Waals surface area contributed by atoms with Crippen LogP contribution in [0.25, 0.3) is 0 Å². The van der Waals surface area contributed by atoms with Crippen LogP contribution in [0, 0.1) is 6.67 Å². The van der Waals surface area contributed by atoms with Crippen LogP contribution in [-0.4, -0.2) is 38.0 Å². The monoisotopic (exact) mass is 108 g/mol. The first-order valence-electron chi connectivity index (χ1n) is 2.31. The van der Waals surface area contributed by atoms with E-state index < -0.39 is 0 Å². The summed E-state index contributed by atoms with van der Waals surface area (Å²) in [6.45, 7) is 2.00. The van der Waals surface area contributed by atoms with Crippen LogP contribution in [-0.2, 0) is 0 Å². The Morgan fingerprint density at radius 2 is 1.12 bits per heavy atom. The van der Waals surface area contributed by atoms with Crippen LogP contribution in [0.4, 0.5) is 0 Å². The molecule has 0 saturated carbocycles. The number of hydrogen-bond donors (Lipinski definition) is 0. The van der Waals surface area contributed by atoms with Gasteiger partial charge in [0.15, 0.2) is 0 Å². The van der Waals surface area contributed by atoms with Crippen molar-refractivity contribution in [3.8, 4) is 0 Å². The van der Waals surface area contributed by atoms with Crippen molar-refractivity contribution < 1.29 is 18.9 Å². The first-order valence-corrected chi connectivity index (χ1v) is 2.31. The van der Waals surface area contributed by atoms with E-state index in [0.717, 1.165) is 0 Å². The zero-order chi connectivity index (χ0) is 5.86. The normalized spacial score (nSPS) is 9.75. The van der Waals surface area contributed by atoms with Crippen LogP contribution < -0.4 is 18.9 Å². The molecule has 0 spiro atoms. The van der Waals surface area contributed by atoms with E-state index in [1.165, 1.54) is 0 Å². The summed E-state index contributed by atoms with van der Waals surface area (Å²) in [5.41, 5.74) is 0. The van der Waals surface area contributed by atoms with Crippen LogP contribution in [0.2, 0.25) is 0 Å². The fraction of sp³-hybridized carbons (Fsp3) is 0.800. The molecule has 0 radical (unpaired) electrons. The number of hydrogen-bond acceptors (Lipinski definition) is 2. The molecule has 0 aromatic carbocycles. The van der Waals surface area contributed by atoms with Gasteiger partial charge < -0.3 is 9.80 Å². The van der Waals surface area contributed by atoms with E-state index in [4.69, 9.17) is 0 Å². The van der Waals surface area contributed by atoms with Crippen molar-refractivity contribution in [3.63, 3.8) is 0 Å². The Hall–Kier alpha value is 0.517. The molecular formula is C5H13LiN2. The molecule has 2 nitrogen and oxygen atoms in total. The summed E-state index contributed by atoms with van der Waals surface area (Å²) < 4.78 is 0. The topological polar surface area (TPSA) is 6.48 Å². The van der Waals surface area contributed by atoms with Gasteiger partial charge in [-0.15, -0.1) is 0 Å². The van der Waals surface area contributed by atoms with E-state index in [1.54, 1.807) is 0 Å². The molecule has 0 amide bonds. The Morgan fingerprint density at radius 3 is 1.12 bits per heavy atom. The summed E-state index contributed by atoms with van der Waals surface area (Å²) in [4.78, 5) is 4.00. The Bertz CT molecular complexity index is 39.7. The summed E-state index contributed by atoms with van der Waals surface area (Å²) in [6.07, 6.45) is 0. The van der Waals surface area contributed by atoms with Crippen LogP contribution >= 0.6 is 0 Å². The van der Waals surface area contributed by atoms with Gasteiger partial charge in [0.2, 0.25) is 0 Å². The minimum atomic E-state index is 0. The van der Waals surface area contributed by atoms with E-state index in [2.05, 4.69) is 0 Å². The molecule has 0 fully saturated rings. The molecule has 44 valence electrons. The van der Waals surface area contributed by atoms with Gasteiger partial charge in [0.05, 0.1) is 0 Å². The maximum Gasteiger partial charge on any atom is 1.00 e. The van der Waals surface area contributed by atoms with Gasteiger partial charge in [0.1, 0.15) is 0 Å². The van der Waals surface area contributed by atoms with Crippen molar-refractivity contribution >= 4 is 0 Å². The summed E-state index contributed by atoms with van der Waals surface area (Å²) in [5, 5.41) is 0. The van der Waals surface area contributed by atoms with Crippen molar-refractivity contribution in [2.75, 3.05) is 28.2 Å². The van der Waals surface area contributed by atoms with E-state index >= 15 is 0 Å². The van der Waals surface area contributed by atoms with Gasteiger partial charge in [0, 0.05) is 0 Å². The molecular weight excluding hydrogens is 95.0 g/mol. The van der Waals surface area contributed by atoms with Crippen molar-refractivity contribution in [2.24, 2.45) is 0 Å². The molecule has 0 unspecified atom stereocenters. The summed E-state index contributed by atoms with van der Waals surface area (Å²) in [5.74, 6) is 0. The molecule has 0 aromatic rings. The van der Waals surface area contributed by atoms with Crippen LogP contribution in [0.1, 0.15) is 0 Å². The number of rotatable bonds is 2. The maximum absolute atomic E-state index is 2.00. The SMILES string of the molecule is CN(C)[CH-]N(C)C.[Li+]. The van der Waals surface area contributed by atoms with Gasteiger partial charge in [-0.3, -0.25) is 0 Å². The van der Waals surface area contributed by atoms with Crippen LogP contribution in [0.15, 0.2) is 0 Å². The molecule has 0 aliphatic carbocycles. The Balaban J connectivity index is 0. The van der Waals surface area contributed by atoms with E-state index in [1.807, 2.05) is 44.7 Å². The fourth-order valence-electron chi connectivity index (χ4n) is 0.462. The van der Waals surface area contributed by atoms with Crippen molar-refractivity contribution in [1.29, 1.82) is 0 Å². The third-order valence-electron chi connectivity index (χ3n) is 0.462. The molecule has 8 heavy (non-hydrogen) atoms. The Labute approximate surface area is 64.0 Å². The second kappa shape index (κ2) is 5.65. The maximum atomic E-state index is 2.00. The molecule has 0 aromatic heterocycles.